The summed E-state index contributed by atoms with van der Waals surface area (Å²) in [6.45, 7) is 7.16. The van der Waals surface area contributed by atoms with Crippen molar-refractivity contribution in [2.24, 2.45) is 0 Å². The fourth-order valence-electron chi connectivity index (χ4n) is 1.89. The Morgan fingerprint density at radius 3 is 2.76 bits per heavy atom. The largest absolute Gasteiger partial charge is 0.491 e. The van der Waals surface area contributed by atoms with E-state index in [0.29, 0.717) is 21.7 Å². The van der Waals surface area contributed by atoms with Gasteiger partial charge in [0.25, 0.3) is 5.19 Å². The second-order valence-electron chi connectivity index (χ2n) is 5.54. The molecule has 1 aromatic carbocycles. The summed E-state index contributed by atoms with van der Waals surface area (Å²) in [4.78, 5) is 15.9. The molecule has 1 N–H and O–H groups in total. The molecule has 1 atom stereocenters. The van der Waals surface area contributed by atoms with Crippen LogP contribution in [0.1, 0.15) is 32.6 Å². The highest BCUT2D eigenvalue weighted by Gasteiger charge is 2.09. The molecule has 0 radical (unpaired) electrons. The van der Waals surface area contributed by atoms with E-state index in [2.05, 4.69) is 22.1 Å². The van der Waals surface area contributed by atoms with Gasteiger partial charge in [-0.1, -0.05) is 34.8 Å². The minimum absolute atomic E-state index is 0.0720. The van der Waals surface area contributed by atoms with Crippen LogP contribution in [0.4, 0.5) is 0 Å². The van der Waals surface area contributed by atoms with E-state index in [0.717, 1.165) is 4.88 Å². The summed E-state index contributed by atoms with van der Waals surface area (Å²) in [6, 6.07) is 5.02. The summed E-state index contributed by atoms with van der Waals surface area (Å²) in [5.74, 6) is 6.96. The molecule has 5 nitrogen and oxygen atoms in total. The molecule has 0 aliphatic carbocycles. The number of carbonyl (C=O) groups is 1. The van der Waals surface area contributed by atoms with Gasteiger partial charge < -0.3 is 14.8 Å². The zero-order valence-electron chi connectivity index (χ0n) is 14.4. The summed E-state index contributed by atoms with van der Waals surface area (Å²) in [5, 5.41) is 3.58. The van der Waals surface area contributed by atoms with Crippen molar-refractivity contribution in [1.29, 1.82) is 0 Å². The van der Waals surface area contributed by atoms with Gasteiger partial charge >= 0.3 is 0 Å². The molecule has 25 heavy (non-hydrogen) atoms. The minimum atomic E-state index is -0.230. The predicted molar refractivity (Wildman–Crippen MR) is 99.6 cm³/mol. The summed E-state index contributed by atoms with van der Waals surface area (Å²) in [5.41, 5.74) is 0. The number of halogens is 1. The molecule has 0 aliphatic rings. The Bertz CT molecular complexity index is 808. The van der Waals surface area contributed by atoms with Crippen molar-refractivity contribution in [3.05, 3.63) is 34.3 Å². The van der Waals surface area contributed by atoms with Crippen LogP contribution in [0.25, 0.3) is 0 Å². The Morgan fingerprint density at radius 2 is 2.12 bits per heavy atom. The van der Waals surface area contributed by atoms with Gasteiger partial charge in [0.15, 0.2) is 0 Å². The lowest BCUT2D eigenvalue weighted by Gasteiger charge is -2.11. The van der Waals surface area contributed by atoms with Gasteiger partial charge in [-0.2, -0.15) is 0 Å². The molecule has 0 fully saturated rings. The second-order valence-corrected chi connectivity index (χ2v) is 6.94. The van der Waals surface area contributed by atoms with Crippen LogP contribution in [0.5, 0.6) is 16.7 Å². The molecule has 0 bridgehead atoms. The van der Waals surface area contributed by atoms with E-state index in [9.17, 15) is 4.79 Å². The highest BCUT2D eigenvalue weighted by atomic mass is 35.5. The molecule has 2 rings (SSSR count). The van der Waals surface area contributed by atoms with E-state index in [1.807, 2.05) is 20.8 Å². The van der Waals surface area contributed by atoms with Gasteiger partial charge in [0.2, 0.25) is 5.91 Å². The monoisotopic (exact) mass is 378 g/mol. The van der Waals surface area contributed by atoms with Gasteiger partial charge in [0.05, 0.1) is 23.4 Å². The first-order valence-electron chi connectivity index (χ1n) is 7.72. The van der Waals surface area contributed by atoms with Crippen LogP contribution in [-0.2, 0) is 4.79 Å². The maximum atomic E-state index is 11.0. The maximum absolute atomic E-state index is 11.0. The molecular weight excluding hydrogens is 360 g/mol. The lowest BCUT2D eigenvalue weighted by atomic mass is 10.3. The van der Waals surface area contributed by atoms with Crippen molar-refractivity contribution in [3.8, 4) is 28.5 Å². The normalized spacial score (nSPS) is 11.4. The lowest BCUT2D eigenvalue weighted by Crippen LogP contribution is -2.28. The highest BCUT2D eigenvalue weighted by Crippen LogP contribution is 2.34. The van der Waals surface area contributed by atoms with E-state index in [-0.39, 0.29) is 18.1 Å². The first-order chi connectivity index (χ1) is 11.8. The van der Waals surface area contributed by atoms with Gasteiger partial charge in [-0.25, -0.2) is 4.98 Å². The smallest absolute Gasteiger partial charge is 0.279 e. The molecule has 1 amide bonds. The number of hydrogen-bond donors (Lipinski definition) is 1. The maximum Gasteiger partial charge on any atom is 0.279 e. The van der Waals surface area contributed by atoms with Crippen molar-refractivity contribution < 1.29 is 14.3 Å². The average Bonchev–Trinajstić information content (AvgIpc) is 2.94. The van der Waals surface area contributed by atoms with Crippen LogP contribution in [0, 0.1) is 11.8 Å². The van der Waals surface area contributed by atoms with Crippen LogP contribution in [-0.4, -0.2) is 23.0 Å². The summed E-state index contributed by atoms with van der Waals surface area (Å²) in [6.07, 6.45) is 1.69. The van der Waals surface area contributed by atoms with Crippen molar-refractivity contribution in [2.45, 2.75) is 39.8 Å². The van der Waals surface area contributed by atoms with Gasteiger partial charge in [-0.15, -0.1) is 0 Å². The summed E-state index contributed by atoms with van der Waals surface area (Å²) >= 11 is 7.53. The molecule has 7 heteroatoms. The molecule has 0 spiro atoms. The zero-order chi connectivity index (χ0) is 18.4. The van der Waals surface area contributed by atoms with Crippen molar-refractivity contribution in [3.63, 3.8) is 0 Å². The number of amides is 1. The molecule has 0 saturated carbocycles. The van der Waals surface area contributed by atoms with Gasteiger partial charge in [-0.05, 0) is 32.9 Å². The number of benzene rings is 1. The van der Waals surface area contributed by atoms with E-state index in [4.69, 9.17) is 21.1 Å². The lowest BCUT2D eigenvalue weighted by molar-refractivity contribution is -0.119. The van der Waals surface area contributed by atoms with Crippen LogP contribution < -0.4 is 14.8 Å². The van der Waals surface area contributed by atoms with E-state index >= 15 is 0 Å². The fraction of sp³-hybridized carbons (Fsp3) is 0.333. The number of hydrogen-bond acceptors (Lipinski definition) is 5. The Kier molecular flexibility index (Phi) is 6.68. The standard InChI is InChI=1S/C18H19ClN2O3S/c1-11(2)23-14-6-8-17(16(19)9-14)24-18-20-10-15(25-18)7-5-12(3)21-13(4)22/h6,8-12H,1-4H3,(H,21,22). The number of nitrogens with zero attached hydrogens (tertiary/aromatic N) is 1. The zero-order valence-corrected chi connectivity index (χ0v) is 16.0. The van der Waals surface area contributed by atoms with Gasteiger partial charge in [0, 0.05) is 13.0 Å². The minimum Gasteiger partial charge on any atom is -0.491 e. The van der Waals surface area contributed by atoms with Crippen molar-refractivity contribution >= 4 is 28.8 Å². The Morgan fingerprint density at radius 1 is 1.36 bits per heavy atom. The van der Waals surface area contributed by atoms with Crippen LogP contribution >= 0.6 is 22.9 Å². The molecule has 1 heterocycles. The van der Waals surface area contributed by atoms with Crippen LogP contribution in [0.2, 0.25) is 5.02 Å². The molecular formula is C18H19ClN2O3S. The topological polar surface area (TPSA) is 60.5 Å². The fourth-order valence-corrected chi connectivity index (χ4v) is 2.74. The number of aromatic nitrogens is 1. The molecule has 2 aromatic rings. The van der Waals surface area contributed by atoms with E-state index in [1.165, 1.54) is 18.3 Å². The van der Waals surface area contributed by atoms with Crippen LogP contribution in [0.15, 0.2) is 24.4 Å². The third-order valence-electron chi connectivity index (χ3n) is 2.79. The number of carbonyl (C=O) groups excluding carboxylic acids is 1. The van der Waals surface area contributed by atoms with Crippen molar-refractivity contribution in [1.82, 2.24) is 10.3 Å². The Balaban J connectivity index is 2.04. The van der Waals surface area contributed by atoms with Gasteiger partial charge in [0.1, 0.15) is 16.4 Å². The number of ether oxygens (including phenoxy) is 2. The molecule has 0 aliphatic heterocycles. The number of nitrogens with one attached hydrogen (secondary N) is 1. The molecule has 1 unspecified atom stereocenters. The summed E-state index contributed by atoms with van der Waals surface area (Å²) in [7, 11) is 0. The SMILES string of the molecule is CC(=O)NC(C)C#Cc1cnc(Oc2ccc(OC(C)C)cc2Cl)s1. The summed E-state index contributed by atoms with van der Waals surface area (Å²) < 4.78 is 11.3. The van der Waals surface area contributed by atoms with Crippen LogP contribution in [0.3, 0.4) is 0 Å². The number of rotatable bonds is 5. The third kappa shape index (κ3) is 6.29. The van der Waals surface area contributed by atoms with E-state index in [1.54, 1.807) is 24.4 Å². The van der Waals surface area contributed by atoms with Gasteiger partial charge in [-0.3, -0.25) is 4.79 Å². The average molecular weight is 379 g/mol. The Labute approximate surface area is 156 Å². The first kappa shape index (κ1) is 19.1. The molecule has 132 valence electrons. The molecule has 0 saturated heterocycles. The van der Waals surface area contributed by atoms with Crippen molar-refractivity contribution in [2.75, 3.05) is 0 Å². The number of thiazole rings is 1. The second kappa shape index (κ2) is 8.75. The molecule has 1 aromatic heterocycles. The third-order valence-corrected chi connectivity index (χ3v) is 3.87. The van der Waals surface area contributed by atoms with E-state index < -0.39 is 0 Å². The quantitative estimate of drug-likeness (QED) is 0.790. The Hall–Kier alpha value is -2.23. The first-order valence-corrected chi connectivity index (χ1v) is 8.91. The highest BCUT2D eigenvalue weighted by molar-refractivity contribution is 7.13. The predicted octanol–water partition coefficient (Wildman–Crippen LogP) is 4.25.